The highest BCUT2D eigenvalue weighted by Gasteiger charge is 2.48. The maximum absolute atomic E-state index is 9.13. The molecule has 0 aliphatic carbocycles. The molecule has 2 fully saturated rings. The number of nitrogens with one attached hydrogen (secondary N) is 1. The molecule has 0 radical (unpaired) electrons. The zero-order valence-electron chi connectivity index (χ0n) is 7.01. The van der Waals surface area contributed by atoms with E-state index < -0.39 is 0 Å². The Hall–Kier alpha value is -0.120. The molecule has 1 atom stereocenters. The van der Waals surface area contributed by atoms with Crippen LogP contribution < -0.4 is 5.32 Å². The number of nitrogens with zero attached hydrogens (tertiary/aromatic N) is 1. The molecule has 11 heavy (non-hydrogen) atoms. The van der Waals surface area contributed by atoms with Gasteiger partial charge in [-0.3, -0.25) is 0 Å². The van der Waals surface area contributed by atoms with Crippen LogP contribution in [0.4, 0.5) is 0 Å². The monoisotopic (exact) mass is 156 g/mol. The lowest BCUT2D eigenvalue weighted by molar-refractivity contribution is 0.0786. The van der Waals surface area contributed by atoms with Crippen molar-refractivity contribution in [2.75, 3.05) is 39.8 Å². The number of aliphatic hydroxyl groups is 1. The number of hydrogen-bond acceptors (Lipinski definition) is 3. The van der Waals surface area contributed by atoms with E-state index in [1.165, 1.54) is 0 Å². The van der Waals surface area contributed by atoms with Gasteiger partial charge in [-0.2, -0.15) is 0 Å². The fourth-order valence-corrected chi connectivity index (χ4v) is 2.40. The second-order valence-corrected chi connectivity index (χ2v) is 4.04. The lowest BCUT2D eigenvalue weighted by atomic mass is 9.73. The van der Waals surface area contributed by atoms with Gasteiger partial charge in [0.1, 0.15) is 0 Å². The highest BCUT2D eigenvalue weighted by Crippen LogP contribution is 2.38. The Labute approximate surface area is 67.4 Å². The van der Waals surface area contributed by atoms with Gasteiger partial charge in [0.05, 0.1) is 0 Å². The van der Waals surface area contributed by atoms with Crippen molar-refractivity contribution < 1.29 is 5.11 Å². The third kappa shape index (κ3) is 0.991. The van der Waals surface area contributed by atoms with Crippen LogP contribution in [0, 0.1) is 11.3 Å². The molecule has 2 rings (SSSR count). The summed E-state index contributed by atoms with van der Waals surface area (Å²) in [5.74, 6) is 0.508. The van der Waals surface area contributed by atoms with Crippen molar-refractivity contribution in [1.29, 1.82) is 0 Å². The SMILES string of the molecule is CN1CC(CO)C2(CNC2)C1. The zero-order chi connectivity index (χ0) is 7.90. The van der Waals surface area contributed by atoms with Gasteiger partial charge in [0.15, 0.2) is 0 Å². The van der Waals surface area contributed by atoms with Crippen LogP contribution in [0.3, 0.4) is 0 Å². The second-order valence-electron chi connectivity index (χ2n) is 4.04. The van der Waals surface area contributed by atoms with Crippen molar-refractivity contribution in [3.05, 3.63) is 0 Å². The van der Waals surface area contributed by atoms with E-state index in [0.717, 1.165) is 26.2 Å². The summed E-state index contributed by atoms with van der Waals surface area (Å²) in [5, 5.41) is 12.4. The molecular formula is C8H16N2O. The first-order chi connectivity index (χ1) is 5.27. The van der Waals surface area contributed by atoms with Crippen molar-refractivity contribution in [2.45, 2.75) is 0 Å². The zero-order valence-corrected chi connectivity index (χ0v) is 7.01. The van der Waals surface area contributed by atoms with E-state index in [1.54, 1.807) is 0 Å². The number of likely N-dealkylation sites (tertiary alicyclic amines) is 1. The average Bonchev–Trinajstić information content (AvgIpc) is 2.25. The first kappa shape index (κ1) is 7.53. The average molecular weight is 156 g/mol. The molecule has 0 saturated carbocycles. The summed E-state index contributed by atoms with van der Waals surface area (Å²) in [5.41, 5.74) is 0.420. The van der Waals surface area contributed by atoms with Crippen molar-refractivity contribution >= 4 is 0 Å². The van der Waals surface area contributed by atoms with Gasteiger partial charge < -0.3 is 15.3 Å². The topological polar surface area (TPSA) is 35.5 Å². The molecule has 3 heteroatoms. The van der Waals surface area contributed by atoms with Gasteiger partial charge in [-0.15, -0.1) is 0 Å². The summed E-state index contributed by atoms with van der Waals surface area (Å²) in [7, 11) is 2.13. The first-order valence-electron chi connectivity index (χ1n) is 4.27. The Morgan fingerprint density at radius 3 is 2.73 bits per heavy atom. The first-order valence-corrected chi connectivity index (χ1v) is 4.27. The van der Waals surface area contributed by atoms with Crippen LogP contribution in [0.5, 0.6) is 0 Å². The van der Waals surface area contributed by atoms with E-state index in [0.29, 0.717) is 17.9 Å². The Kier molecular flexibility index (Phi) is 1.67. The molecule has 0 aromatic carbocycles. The molecule has 2 heterocycles. The molecule has 64 valence electrons. The smallest absolute Gasteiger partial charge is 0.0478 e. The summed E-state index contributed by atoms with van der Waals surface area (Å²) in [4.78, 5) is 2.32. The standard InChI is InChI=1S/C8H16N2O/c1-10-2-7(3-11)8(6-10)4-9-5-8/h7,9,11H,2-6H2,1H3. The summed E-state index contributed by atoms with van der Waals surface area (Å²) < 4.78 is 0. The Bertz CT molecular complexity index is 156. The predicted molar refractivity (Wildman–Crippen MR) is 43.4 cm³/mol. The van der Waals surface area contributed by atoms with E-state index in [4.69, 9.17) is 5.11 Å². The van der Waals surface area contributed by atoms with Crippen LogP contribution in [0.25, 0.3) is 0 Å². The maximum Gasteiger partial charge on any atom is 0.0478 e. The fourth-order valence-electron chi connectivity index (χ4n) is 2.40. The van der Waals surface area contributed by atoms with E-state index in [2.05, 4.69) is 17.3 Å². The molecule has 2 aliphatic rings. The Morgan fingerprint density at radius 1 is 1.64 bits per heavy atom. The van der Waals surface area contributed by atoms with Crippen LogP contribution in [0.15, 0.2) is 0 Å². The van der Waals surface area contributed by atoms with Crippen molar-refractivity contribution in [3.63, 3.8) is 0 Å². The van der Waals surface area contributed by atoms with E-state index in [1.807, 2.05) is 0 Å². The van der Waals surface area contributed by atoms with Crippen molar-refractivity contribution in [1.82, 2.24) is 10.2 Å². The molecule has 1 spiro atoms. The molecule has 3 nitrogen and oxygen atoms in total. The summed E-state index contributed by atoms with van der Waals surface area (Å²) in [6, 6.07) is 0. The van der Waals surface area contributed by atoms with Gasteiger partial charge in [-0.1, -0.05) is 0 Å². The number of hydrogen-bond donors (Lipinski definition) is 2. The molecule has 0 aromatic heterocycles. The van der Waals surface area contributed by atoms with E-state index in [9.17, 15) is 0 Å². The van der Waals surface area contributed by atoms with Crippen molar-refractivity contribution in [2.24, 2.45) is 11.3 Å². The minimum absolute atomic E-state index is 0.353. The van der Waals surface area contributed by atoms with Crippen LogP contribution >= 0.6 is 0 Å². The normalized spacial score (nSPS) is 36.0. The molecule has 2 saturated heterocycles. The molecule has 0 aromatic rings. The predicted octanol–water partition coefficient (Wildman–Crippen LogP) is -0.870. The van der Waals surface area contributed by atoms with Gasteiger partial charge in [-0.05, 0) is 7.05 Å². The fraction of sp³-hybridized carbons (Fsp3) is 1.00. The second kappa shape index (κ2) is 2.44. The Morgan fingerprint density at radius 2 is 2.36 bits per heavy atom. The number of aliphatic hydroxyl groups excluding tert-OH is 1. The van der Waals surface area contributed by atoms with Gasteiger partial charge in [0.2, 0.25) is 0 Å². The lowest BCUT2D eigenvalue weighted by Crippen LogP contribution is -2.58. The van der Waals surface area contributed by atoms with Crippen LogP contribution in [-0.4, -0.2) is 49.8 Å². The van der Waals surface area contributed by atoms with Gasteiger partial charge in [-0.25, -0.2) is 0 Å². The highest BCUT2D eigenvalue weighted by atomic mass is 16.3. The van der Waals surface area contributed by atoms with Crippen LogP contribution in [0.2, 0.25) is 0 Å². The van der Waals surface area contributed by atoms with E-state index >= 15 is 0 Å². The lowest BCUT2D eigenvalue weighted by Gasteiger charge is -2.43. The molecule has 1 unspecified atom stereocenters. The van der Waals surface area contributed by atoms with Crippen LogP contribution in [-0.2, 0) is 0 Å². The van der Waals surface area contributed by atoms with Gasteiger partial charge >= 0.3 is 0 Å². The van der Waals surface area contributed by atoms with Gasteiger partial charge in [0.25, 0.3) is 0 Å². The minimum Gasteiger partial charge on any atom is -0.396 e. The molecule has 0 bridgehead atoms. The third-order valence-corrected chi connectivity index (χ3v) is 3.16. The largest absolute Gasteiger partial charge is 0.396 e. The molecule has 2 aliphatic heterocycles. The maximum atomic E-state index is 9.13. The summed E-state index contributed by atoms with van der Waals surface area (Å²) in [6.07, 6.45) is 0. The molecule has 0 amide bonds. The minimum atomic E-state index is 0.353. The highest BCUT2D eigenvalue weighted by molar-refractivity contribution is 5.03. The van der Waals surface area contributed by atoms with Crippen LogP contribution in [0.1, 0.15) is 0 Å². The Balaban J connectivity index is 2.07. The molecular weight excluding hydrogens is 140 g/mol. The summed E-state index contributed by atoms with van der Waals surface area (Å²) in [6.45, 7) is 4.78. The van der Waals surface area contributed by atoms with E-state index in [-0.39, 0.29) is 0 Å². The third-order valence-electron chi connectivity index (χ3n) is 3.16. The van der Waals surface area contributed by atoms with Gasteiger partial charge in [0, 0.05) is 44.1 Å². The van der Waals surface area contributed by atoms with Crippen molar-refractivity contribution in [3.8, 4) is 0 Å². The quantitative estimate of drug-likeness (QED) is 0.518. The summed E-state index contributed by atoms with van der Waals surface area (Å²) >= 11 is 0. The number of rotatable bonds is 1. The molecule has 2 N–H and O–H groups in total.